The molecule has 0 saturated heterocycles. The van der Waals surface area contributed by atoms with Gasteiger partial charge in [0.1, 0.15) is 5.75 Å². The van der Waals surface area contributed by atoms with Gasteiger partial charge in [0.25, 0.3) is 0 Å². The van der Waals surface area contributed by atoms with Crippen LogP contribution in [0, 0.1) is 0 Å². The van der Waals surface area contributed by atoms with E-state index in [2.05, 4.69) is 0 Å². The molecule has 10 heteroatoms. The number of allylic oxidation sites excluding steroid dienone is 4. The van der Waals surface area contributed by atoms with Crippen LogP contribution in [0.1, 0.15) is 35.3 Å². The van der Waals surface area contributed by atoms with Crippen LogP contribution in [0.25, 0.3) is 20.6 Å². The summed E-state index contributed by atoms with van der Waals surface area (Å²) < 4.78 is 95.8. The Morgan fingerprint density at radius 2 is 1.10 bits per heavy atom. The van der Waals surface area contributed by atoms with Crippen molar-refractivity contribution in [3.8, 4) is 5.75 Å². The number of halogens is 6. The average molecular weight is 691 g/mol. The number of hydrogen-bond donors (Lipinski definition) is 0. The molecule has 0 radical (unpaired) electrons. The molecule has 4 aromatic carbocycles. The second kappa shape index (κ2) is 10.2. The maximum atomic E-state index is 15.7. The number of rotatable bonds is 4. The molecule has 2 nitrogen and oxygen atoms in total. The second-order valence-electron chi connectivity index (χ2n) is 12.4. The van der Waals surface area contributed by atoms with Gasteiger partial charge in [-0.15, -0.1) is 23.5 Å². The van der Waals surface area contributed by atoms with Crippen LogP contribution in [0.2, 0.25) is 0 Å². The predicted molar refractivity (Wildman–Crippen MR) is 179 cm³/mol. The number of fused-ring (bicyclic) bond motifs is 5. The van der Waals surface area contributed by atoms with Gasteiger partial charge in [-0.1, -0.05) is 78.9 Å². The third-order valence-electron chi connectivity index (χ3n) is 9.74. The Bertz CT molecular complexity index is 2180. The summed E-state index contributed by atoms with van der Waals surface area (Å²) in [5.74, 6) is -16.2. The normalized spacial score (nSPS) is 26.2. The molecule has 0 aromatic heterocycles. The van der Waals surface area contributed by atoms with E-state index in [9.17, 15) is 4.79 Å². The van der Waals surface area contributed by atoms with Crippen molar-refractivity contribution >= 4 is 50.1 Å². The molecule has 4 aliphatic rings. The van der Waals surface area contributed by atoms with Crippen molar-refractivity contribution in [2.45, 2.75) is 41.1 Å². The van der Waals surface area contributed by atoms with Gasteiger partial charge < -0.3 is 4.74 Å². The molecule has 2 atom stereocenters. The number of alkyl halides is 6. The minimum Gasteiger partial charge on any atom is -0.423 e. The molecule has 2 aliphatic carbocycles. The summed E-state index contributed by atoms with van der Waals surface area (Å²) in [4.78, 5) is 14.0. The largest absolute Gasteiger partial charge is 0.423 e. The fourth-order valence-corrected chi connectivity index (χ4v) is 10.2. The quantitative estimate of drug-likeness (QED) is 0.121. The number of esters is 1. The smallest absolute Gasteiger partial charge is 0.380 e. The van der Waals surface area contributed by atoms with Crippen LogP contribution in [0.15, 0.2) is 132 Å². The maximum Gasteiger partial charge on any atom is 0.380 e. The first-order chi connectivity index (χ1) is 22.7. The predicted octanol–water partition coefficient (Wildman–Crippen LogP) is 11.0. The molecule has 1 fully saturated rings. The Morgan fingerprint density at radius 1 is 0.604 bits per heavy atom. The molecule has 4 aromatic rings. The Balaban J connectivity index is 1.19. The van der Waals surface area contributed by atoms with Gasteiger partial charge in [0.05, 0.1) is 15.1 Å². The molecule has 2 heterocycles. The number of thioether (sulfide) groups is 2. The first-order valence-electron chi connectivity index (χ1n) is 15.0. The zero-order valence-corrected chi connectivity index (χ0v) is 26.9. The molecule has 48 heavy (non-hydrogen) atoms. The first kappa shape index (κ1) is 31.1. The van der Waals surface area contributed by atoms with Gasteiger partial charge in [-0.3, -0.25) is 0 Å². The van der Waals surface area contributed by atoms with E-state index in [1.54, 1.807) is 80.6 Å². The summed E-state index contributed by atoms with van der Waals surface area (Å²) in [5, 5.41) is 1.61. The van der Waals surface area contributed by atoms with Gasteiger partial charge in [-0.25, -0.2) is 4.79 Å². The topological polar surface area (TPSA) is 26.3 Å². The molecule has 0 N–H and O–H groups in total. The van der Waals surface area contributed by atoms with Gasteiger partial charge >= 0.3 is 23.7 Å². The third kappa shape index (κ3) is 4.02. The molecule has 8 rings (SSSR count). The summed E-state index contributed by atoms with van der Waals surface area (Å²) in [6, 6.07) is 27.9. The Labute approximate surface area is 280 Å². The van der Waals surface area contributed by atoms with Gasteiger partial charge in [0.15, 0.2) is 0 Å². The van der Waals surface area contributed by atoms with E-state index in [1.807, 2.05) is 30.3 Å². The van der Waals surface area contributed by atoms with Crippen molar-refractivity contribution in [3.63, 3.8) is 0 Å². The van der Waals surface area contributed by atoms with E-state index in [1.165, 1.54) is 35.7 Å². The van der Waals surface area contributed by atoms with Gasteiger partial charge in [0, 0.05) is 21.0 Å². The summed E-state index contributed by atoms with van der Waals surface area (Å²) in [6.45, 7) is 3.31. The minimum absolute atomic E-state index is 0.215. The lowest BCUT2D eigenvalue weighted by molar-refractivity contribution is -0.258. The molecule has 1 saturated carbocycles. The third-order valence-corrected chi connectivity index (χ3v) is 13.1. The lowest BCUT2D eigenvalue weighted by Crippen LogP contribution is -2.48. The van der Waals surface area contributed by atoms with Crippen LogP contribution in [-0.2, 0) is 0 Å². The molecule has 2 unspecified atom stereocenters. The van der Waals surface area contributed by atoms with Crippen molar-refractivity contribution in [2.75, 3.05) is 0 Å². The lowest BCUT2D eigenvalue weighted by Gasteiger charge is -2.47. The number of ether oxygens (including phenoxy) is 1. The monoisotopic (exact) mass is 690 g/mol. The average Bonchev–Trinajstić information content (AvgIpc) is 3.65. The Hall–Kier alpha value is -4.15. The van der Waals surface area contributed by atoms with Gasteiger partial charge in [-0.2, -0.15) is 26.3 Å². The van der Waals surface area contributed by atoms with Gasteiger partial charge in [-0.05, 0) is 77.2 Å². The Morgan fingerprint density at radius 3 is 1.69 bits per heavy atom. The van der Waals surface area contributed by atoms with Crippen LogP contribution in [0.3, 0.4) is 0 Å². The standard InChI is InChI=1S/C38H24F6O2S2/c1-34-27(19-29(47-34)22-10-4-3-5-11-22)31-32(37(41,42)38(43,44)36(31,39)40)28-20-30(48-35(28,34)2)23-15-17-24(18-16-23)46-33(45)26-14-8-12-21-9-6-7-13-25(21)26/h3-20H,1-2H3. The fraction of sp³-hybridized carbons (Fsp3) is 0.184. The van der Waals surface area contributed by atoms with E-state index in [0.717, 1.165) is 10.8 Å². The second-order valence-corrected chi connectivity index (χ2v) is 15.3. The van der Waals surface area contributed by atoms with E-state index < -0.39 is 44.4 Å². The summed E-state index contributed by atoms with van der Waals surface area (Å²) >= 11 is 2.39. The molecule has 0 bridgehead atoms. The van der Waals surface area contributed by atoms with Crippen LogP contribution in [-0.4, -0.2) is 33.2 Å². The number of hydrogen-bond acceptors (Lipinski definition) is 4. The van der Waals surface area contributed by atoms with Crippen LogP contribution in [0.4, 0.5) is 26.3 Å². The zero-order chi connectivity index (χ0) is 33.9. The fourth-order valence-electron chi connectivity index (χ4n) is 7.05. The highest BCUT2D eigenvalue weighted by Gasteiger charge is 2.84. The first-order valence-corrected chi connectivity index (χ1v) is 16.7. The van der Waals surface area contributed by atoms with E-state index in [4.69, 9.17) is 4.74 Å². The van der Waals surface area contributed by atoms with Crippen molar-refractivity contribution in [1.82, 2.24) is 0 Å². The van der Waals surface area contributed by atoms with Crippen LogP contribution >= 0.6 is 23.5 Å². The molecule has 242 valence electrons. The summed E-state index contributed by atoms with van der Waals surface area (Å²) in [6.07, 6.45) is 2.71. The highest BCUT2D eigenvalue weighted by Crippen LogP contribution is 2.75. The van der Waals surface area contributed by atoms with Crippen molar-refractivity contribution in [2.24, 2.45) is 0 Å². The van der Waals surface area contributed by atoms with E-state index in [0.29, 0.717) is 26.5 Å². The number of carbonyl (C=O) groups is 1. The number of carbonyl (C=O) groups excluding carboxylic acids is 1. The molecular weight excluding hydrogens is 667 g/mol. The van der Waals surface area contributed by atoms with Crippen LogP contribution in [0.5, 0.6) is 5.75 Å². The number of benzene rings is 4. The maximum absolute atomic E-state index is 15.7. The molecule has 0 spiro atoms. The van der Waals surface area contributed by atoms with Crippen molar-refractivity contribution in [1.29, 1.82) is 0 Å². The van der Waals surface area contributed by atoms with E-state index >= 15 is 26.3 Å². The van der Waals surface area contributed by atoms with Gasteiger partial charge in [0.2, 0.25) is 0 Å². The summed E-state index contributed by atoms with van der Waals surface area (Å²) in [5.41, 5.74) is -1.48. The Kier molecular flexibility index (Phi) is 6.61. The van der Waals surface area contributed by atoms with Crippen molar-refractivity contribution in [3.05, 3.63) is 148 Å². The highest BCUT2D eigenvalue weighted by molar-refractivity contribution is 8.14. The molecule has 0 amide bonds. The lowest BCUT2D eigenvalue weighted by atomic mass is 9.71. The van der Waals surface area contributed by atoms with Crippen molar-refractivity contribution < 1.29 is 35.9 Å². The minimum atomic E-state index is -5.62. The SMILES string of the molecule is CC12SC(c3ccccc3)=CC1=C1C(=C3C=C(c4ccc(OC(=O)c5cccc6ccccc56)cc4)SC32C)C(F)(F)C(F)(F)C1(F)F. The highest BCUT2D eigenvalue weighted by atomic mass is 32.2. The van der Waals surface area contributed by atoms with E-state index in [-0.39, 0.29) is 16.9 Å². The zero-order valence-electron chi connectivity index (χ0n) is 25.3. The van der Waals surface area contributed by atoms with Crippen LogP contribution < -0.4 is 4.74 Å². The summed E-state index contributed by atoms with van der Waals surface area (Å²) in [7, 11) is 0. The molecule has 2 aliphatic heterocycles. The molecular formula is C38H24F6O2S2.